The highest BCUT2D eigenvalue weighted by Crippen LogP contribution is 2.30. The fourth-order valence-electron chi connectivity index (χ4n) is 1.51. The molecule has 0 unspecified atom stereocenters. The van der Waals surface area contributed by atoms with Crippen LogP contribution in [-0.4, -0.2) is 18.1 Å². The smallest absolute Gasteiger partial charge is 0.305 e. The summed E-state index contributed by atoms with van der Waals surface area (Å²) >= 11 is 5.09. The lowest BCUT2D eigenvalue weighted by Crippen LogP contribution is -2.01. The van der Waals surface area contributed by atoms with E-state index in [-0.39, 0.29) is 5.97 Å². The van der Waals surface area contributed by atoms with Crippen LogP contribution in [0.5, 0.6) is 0 Å². The van der Waals surface area contributed by atoms with E-state index in [2.05, 4.69) is 25.7 Å². The van der Waals surface area contributed by atoms with Crippen LogP contribution in [0.25, 0.3) is 10.6 Å². The minimum absolute atomic E-state index is 0.203. The van der Waals surface area contributed by atoms with Crippen LogP contribution in [0.2, 0.25) is 0 Å². The molecule has 2 aromatic rings. The zero-order valence-electron chi connectivity index (χ0n) is 9.85. The molecule has 0 radical (unpaired) electrons. The number of aromatic nitrogens is 1. The van der Waals surface area contributed by atoms with Crippen molar-refractivity contribution in [1.29, 1.82) is 0 Å². The fourth-order valence-corrected chi connectivity index (χ4v) is 3.01. The van der Waals surface area contributed by atoms with Crippen LogP contribution in [-0.2, 0) is 16.0 Å². The van der Waals surface area contributed by atoms with E-state index in [0.717, 1.165) is 20.7 Å². The van der Waals surface area contributed by atoms with Crippen molar-refractivity contribution in [1.82, 2.24) is 4.98 Å². The van der Waals surface area contributed by atoms with Gasteiger partial charge >= 0.3 is 5.97 Å². The molecular weight excluding hydrogens is 314 g/mol. The third kappa shape index (κ3) is 3.17. The third-order valence-corrected chi connectivity index (χ3v) is 4.08. The van der Waals surface area contributed by atoms with E-state index in [4.69, 9.17) is 0 Å². The first kappa shape index (κ1) is 13.2. The highest BCUT2D eigenvalue weighted by atomic mass is 79.9. The van der Waals surface area contributed by atoms with Gasteiger partial charge in [0.05, 0.1) is 19.2 Å². The summed E-state index contributed by atoms with van der Waals surface area (Å²) in [5, 5.41) is 2.94. The molecule has 3 nitrogen and oxygen atoms in total. The van der Waals surface area contributed by atoms with E-state index in [0.29, 0.717) is 12.8 Å². The summed E-state index contributed by atoms with van der Waals surface area (Å²) in [5.74, 6) is -0.203. The average Bonchev–Trinajstić information content (AvgIpc) is 2.85. The van der Waals surface area contributed by atoms with Crippen molar-refractivity contribution in [2.45, 2.75) is 12.8 Å². The predicted octanol–water partition coefficient (Wildman–Crippen LogP) is 3.68. The van der Waals surface area contributed by atoms with Gasteiger partial charge in [-0.2, -0.15) is 0 Å². The van der Waals surface area contributed by atoms with E-state index in [1.54, 1.807) is 11.3 Å². The number of nitrogens with zero attached hydrogens (tertiary/aromatic N) is 1. The summed E-state index contributed by atoms with van der Waals surface area (Å²) in [6.45, 7) is 0. The molecule has 0 bridgehead atoms. The summed E-state index contributed by atoms with van der Waals surface area (Å²) in [7, 11) is 1.40. The van der Waals surface area contributed by atoms with E-state index < -0.39 is 0 Å². The molecule has 0 saturated carbocycles. The van der Waals surface area contributed by atoms with Crippen molar-refractivity contribution in [2.75, 3.05) is 7.11 Å². The monoisotopic (exact) mass is 325 g/mol. The maximum absolute atomic E-state index is 11.1. The van der Waals surface area contributed by atoms with Gasteiger partial charge < -0.3 is 4.74 Å². The lowest BCUT2D eigenvalue weighted by atomic mass is 10.2. The zero-order valence-corrected chi connectivity index (χ0v) is 12.3. The average molecular weight is 326 g/mol. The minimum atomic E-state index is -0.203. The van der Waals surface area contributed by atoms with Gasteiger partial charge in [0, 0.05) is 21.8 Å². The predicted molar refractivity (Wildman–Crippen MR) is 75.6 cm³/mol. The topological polar surface area (TPSA) is 39.2 Å². The number of aryl methyl sites for hydroxylation is 1. The molecule has 0 aliphatic rings. The van der Waals surface area contributed by atoms with Crippen LogP contribution in [0, 0.1) is 0 Å². The Bertz CT molecular complexity index is 553. The van der Waals surface area contributed by atoms with Gasteiger partial charge in [0.2, 0.25) is 0 Å². The zero-order chi connectivity index (χ0) is 13.0. The molecule has 0 atom stereocenters. The van der Waals surface area contributed by atoms with Gasteiger partial charge in [-0.25, -0.2) is 4.98 Å². The molecule has 0 spiro atoms. The summed E-state index contributed by atoms with van der Waals surface area (Å²) in [6.07, 6.45) is 0.989. The maximum atomic E-state index is 11.1. The third-order valence-electron chi connectivity index (χ3n) is 2.47. The highest BCUT2D eigenvalue weighted by molar-refractivity contribution is 9.10. The second kappa shape index (κ2) is 6.11. The van der Waals surface area contributed by atoms with Gasteiger partial charge in [0.1, 0.15) is 5.01 Å². The van der Waals surface area contributed by atoms with Crippen LogP contribution in [0.15, 0.2) is 34.1 Å². The first-order valence-electron chi connectivity index (χ1n) is 5.47. The molecule has 0 N–H and O–H groups in total. The number of esters is 1. The molecular formula is C13H12BrNO2S. The van der Waals surface area contributed by atoms with Crippen molar-refractivity contribution in [3.8, 4) is 10.6 Å². The SMILES string of the molecule is COC(=O)CCc1csc(-c2ccccc2Br)n1. The quantitative estimate of drug-likeness (QED) is 0.805. The summed E-state index contributed by atoms with van der Waals surface area (Å²) < 4.78 is 5.64. The molecule has 18 heavy (non-hydrogen) atoms. The number of benzene rings is 1. The van der Waals surface area contributed by atoms with Gasteiger partial charge in [-0.05, 0) is 6.07 Å². The second-order valence-electron chi connectivity index (χ2n) is 3.70. The number of hydrogen-bond acceptors (Lipinski definition) is 4. The van der Waals surface area contributed by atoms with Crippen molar-refractivity contribution in [3.05, 3.63) is 39.8 Å². The Balaban J connectivity index is 2.11. The largest absolute Gasteiger partial charge is 0.469 e. The number of halogens is 1. The van der Waals surface area contributed by atoms with Crippen molar-refractivity contribution in [3.63, 3.8) is 0 Å². The summed E-state index contributed by atoms with van der Waals surface area (Å²) in [6, 6.07) is 7.97. The van der Waals surface area contributed by atoms with Crippen LogP contribution >= 0.6 is 27.3 Å². The molecule has 0 aliphatic carbocycles. The first-order valence-corrected chi connectivity index (χ1v) is 7.14. The van der Waals surface area contributed by atoms with Gasteiger partial charge in [0.25, 0.3) is 0 Å². The first-order chi connectivity index (χ1) is 8.70. The van der Waals surface area contributed by atoms with Crippen molar-refractivity contribution < 1.29 is 9.53 Å². The number of hydrogen-bond donors (Lipinski definition) is 0. The Morgan fingerprint density at radius 2 is 2.22 bits per heavy atom. The maximum Gasteiger partial charge on any atom is 0.305 e. The van der Waals surface area contributed by atoms with E-state index in [1.807, 2.05) is 29.6 Å². The number of ether oxygens (including phenoxy) is 1. The van der Waals surface area contributed by atoms with Gasteiger partial charge in [-0.3, -0.25) is 4.79 Å². The molecule has 2 rings (SSSR count). The Morgan fingerprint density at radius 3 is 2.94 bits per heavy atom. The molecule has 1 heterocycles. The van der Waals surface area contributed by atoms with Gasteiger partial charge in [-0.1, -0.05) is 34.1 Å². The Labute approximate surface area is 118 Å². The van der Waals surface area contributed by atoms with Crippen molar-refractivity contribution >= 4 is 33.2 Å². The fraction of sp³-hybridized carbons (Fsp3) is 0.231. The molecule has 1 aromatic heterocycles. The van der Waals surface area contributed by atoms with E-state index in [1.165, 1.54) is 7.11 Å². The summed E-state index contributed by atoms with van der Waals surface area (Å²) in [5.41, 5.74) is 2.00. The van der Waals surface area contributed by atoms with Crippen molar-refractivity contribution in [2.24, 2.45) is 0 Å². The molecule has 94 valence electrons. The van der Waals surface area contributed by atoms with E-state index in [9.17, 15) is 4.79 Å². The Kier molecular flexibility index (Phi) is 4.49. The second-order valence-corrected chi connectivity index (χ2v) is 5.41. The molecule has 0 fully saturated rings. The number of thiazole rings is 1. The standard InChI is InChI=1S/C13H12BrNO2S/c1-17-12(16)7-6-9-8-18-13(15-9)10-4-2-3-5-11(10)14/h2-5,8H,6-7H2,1H3. The number of carbonyl (C=O) groups is 1. The van der Waals surface area contributed by atoms with Crippen LogP contribution in [0.4, 0.5) is 0 Å². The number of methoxy groups -OCH3 is 1. The number of rotatable bonds is 4. The molecule has 0 amide bonds. The van der Waals surface area contributed by atoms with E-state index >= 15 is 0 Å². The normalized spacial score (nSPS) is 10.3. The van der Waals surface area contributed by atoms with Crippen LogP contribution in [0.3, 0.4) is 0 Å². The highest BCUT2D eigenvalue weighted by Gasteiger charge is 2.09. The van der Waals surface area contributed by atoms with Crippen LogP contribution in [0.1, 0.15) is 12.1 Å². The van der Waals surface area contributed by atoms with Gasteiger partial charge in [-0.15, -0.1) is 11.3 Å². The lowest BCUT2D eigenvalue weighted by Gasteiger charge is -1.99. The van der Waals surface area contributed by atoms with Crippen LogP contribution < -0.4 is 0 Å². The molecule has 0 aliphatic heterocycles. The molecule has 1 aromatic carbocycles. The summed E-state index contributed by atoms with van der Waals surface area (Å²) in [4.78, 5) is 15.6. The Morgan fingerprint density at radius 1 is 1.44 bits per heavy atom. The molecule has 0 saturated heterocycles. The lowest BCUT2D eigenvalue weighted by molar-refractivity contribution is -0.140. The Hall–Kier alpha value is -1.20. The number of carbonyl (C=O) groups excluding carboxylic acids is 1. The molecule has 5 heteroatoms. The van der Waals surface area contributed by atoms with Gasteiger partial charge in [0.15, 0.2) is 0 Å². The minimum Gasteiger partial charge on any atom is -0.469 e.